The van der Waals surface area contributed by atoms with E-state index in [0.29, 0.717) is 13.1 Å². The molecule has 0 bridgehead atoms. The molecule has 8 nitrogen and oxygen atoms in total. The standard InChI is InChI=1S/C23H24N6O2S/c1-17-25-26-23(28(17)15-18-6-4-3-5-7-18)32-16-22(30)24-14-19-12-13-29(27-19)20-8-10-21(31-2)11-9-20/h3-13H,14-16H2,1-2H3,(H,24,30). The van der Waals surface area contributed by atoms with Gasteiger partial charge in [-0.05, 0) is 42.8 Å². The average Bonchev–Trinajstić information content (AvgIpc) is 3.44. The van der Waals surface area contributed by atoms with Crippen molar-refractivity contribution in [3.05, 3.63) is 83.9 Å². The topological polar surface area (TPSA) is 86.9 Å². The highest BCUT2D eigenvalue weighted by Gasteiger charge is 2.12. The van der Waals surface area contributed by atoms with Crippen LogP contribution in [0.5, 0.6) is 5.75 Å². The van der Waals surface area contributed by atoms with Crippen molar-refractivity contribution in [2.45, 2.75) is 25.2 Å². The van der Waals surface area contributed by atoms with E-state index in [-0.39, 0.29) is 11.7 Å². The predicted octanol–water partition coefficient (Wildman–Crippen LogP) is 3.24. The van der Waals surface area contributed by atoms with Crippen molar-refractivity contribution in [1.29, 1.82) is 0 Å². The Labute approximate surface area is 190 Å². The van der Waals surface area contributed by atoms with E-state index in [1.54, 1.807) is 11.8 Å². The average molecular weight is 449 g/mol. The summed E-state index contributed by atoms with van der Waals surface area (Å²) in [4.78, 5) is 12.4. The minimum Gasteiger partial charge on any atom is -0.497 e. The number of thioether (sulfide) groups is 1. The number of nitrogens with one attached hydrogen (secondary N) is 1. The van der Waals surface area contributed by atoms with Crippen LogP contribution in [0.25, 0.3) is 5.69 Å². The lowest BCUT2D eigenvalue weighted by Crippen LogP contribution is -2.25. The number of aryl methyl sites for hydroxylation is 1. The molecule has 0 fully saturated rings. The van der Waals surface area contributed by atoms with Crippen molar-refractivity contribution in [3.8, 4) is 11.4 Å². The molecule has 1 amide bonds. The zero-order valence-corrected chi connectivity index (χ0v) is 18.7. The molecule has 0 aliphatic heterocycles. The Morgan fingerprint density at radius 2 is 1.84 bits per heavy atom. The molecule has 4 aromatic rings. The Morgan fingerprint density at radius 1 is 1.06 bits per heavy atom. The van der Waals surface area contributed by atoms with Gasteiger partial charge >= 0.3 is 0 Å². The van der Waals surface area contributed by atoms with Gasteiger partial charge in [0.1, 0.15) is 11.6 Å². The second-order valence-electron chi connectivity index (χ2n) is 7.12. The largest absolute Gasteiger partial charge is 0.497 e. The van der Waals surface area contributed by atoms with Crippen LogP contribution >= 0.6 is 11.8 Å². The van der Waals surface area contributed by atoms with Gasteiger partial charge in [0.25, 0.3) is 0 Å². The zero-order valence-electron chi connectivity index (χ0n) is 17.9. The highest BCUT2D eigenvalue weighted by molar-refractivity contribution is 7.99. The van der Waals surface area contributed by atoms with Crippen molar-refractivity contribution in [3.63, 3.8) is 0 Å². The van der Waals surface area contributed by atoms with E-state index in [1.807, 2.05) is 66.2 Å². The van der Waals surface area contributed by atoms with Gasteiger partial charge in [-0.25, -0.2) is 4.68 Å². The molecule has 1 N–H and O–H groups in total. The number of methoxy groups -OCH3 is 1. The van der Waals surface area contributed by atoms with Crippen molar-refractivity contribution in [2.75, 3.05) is 12.9 Å². The molecule has 0 radical (unpaired) electrons. The molecule has 2 aromatic heterocycles. The summed E-state index contributed by atoms with van der Waals surface area (Å²) in [6, 6.07) is 19.6. The number of rotatable bonds is 9. The van der Waals surface area contributed by atoms with E-state index in [0.717, 1.165) is 33.7 Å². The minimum absolute atomic E-state index is 0.0825. The molecule has 164 valence electrons. The van der Waals surface area contributed by atoms with Gasteiger partial charge in [0.2, 0.25) is 5.91 Å². The highest BCUT2D eigenvalue weighted by atomic mass is 32.2. The summed E-state index contributed by atoms with van der Waals surface area (Å²) in [5.41, 5.74) is 2.86. The summed E-state index contributed by atoms with van der Waals surface area (Å²) in [6.45, 7) is 2.95. The summed E-state index contributed by atoms with van der Waals surface area (Å²) < 4.78 is 8.97. The molecule has 9 heteroatoms. The summed E-state index contributed by atoms with van der Waals surface area (Å²) in [5.74, 6) is 1.79. The second kappa shape index (κ2) is 10.1. The first-order valence-electron chi connectivity index (χ1n) is 10.1. The molecular formula is C23H24N6O2S. The first-order valence-corrected chi connectivity index (χ1v) is 11.1. The molecule has 4 rings (SSSR count). The predicted molar refractivity (Wildman–Crippen MR) is 123 cm³/mol. The monoisotopic (exact) mass is 448 g/mol. The maximum absolute atomic E-state index is 12.4. The fourth-order valence-electron chi connectivity index (χ4n) is 3.12. The van der Waals surface area contributed by atoms with E-state index in [4.69, 9.17) is 4.74 Å². The number of carbonyl (C=O) groups excluding carboxylic acids is 1. The lowest BCUT2D eigenvalue weighted by Gasteiger charge is -2.08. The molecule has 0 spiro atoms. The van der Waals surface area contributed by atoms with Crippen molar-refractivity contribution in [1.82, 2.24) is 29.9 Å². The molecule has 0 atom stereocenters. The van der Waals surface area contributed by atoms with Crippen LogP contribution < -0.4 is 10.1 Å². The number of hydrogen-bond acceptors (Lipinski definition) is 6. The van der Waals surface area contributed by atoms with E-state index < -0.39 is 0 Å². The molecule has 32 heavy (non-hydrogen) atoms. The van der Waals surface area contributed by atoms with E-state index in [2.05, 4.69) is 32.7 Å². The molecule has 0 aliphatic carbocycles. The van der Waals surface area contributed by atoms with Crippen LogP contribution in [0.1, 0.15) is 17.1 Å². The van der Waals surface area contributed by atoms with Gasteiger partial charge < -0.3 is 14.6 Å². The lowest BCUT2D eigenvalue weighted by atomic mass is 10.2. The first kappa shape index (κ1) is 21.6. The third-order valence-electron chi connectivity index (χ3n) is 4.87. The van der Waals surface area contributed by atoms with Gasteiger partial charge in [0.15, 0.2) is 5.16 Å². The van der Waals surface area contributed by atoms with Crippen LogP contribution in [0.3, 0.4) is 0 Å². The van der Waals surface area contributed by atoms with Gasteiger partial charge in [-0.1, -0.05) is 42.1 Å². The summed E-state index contributed by atoms with van der Waals surface area (Å²) in [5, 5.41) is 16.5. The van der Waals surface area contributed by atoms with Gasteiger partial charge in [0, 0.05) is 6.20 Å². The van der Waals surface area contributed by atoms with Gasteiger partial charge in [0.05, 0.1) is 37.3 Å². The number of amides is 1. The van der Waals surface area contributed by atoms with Crippen LogP contribution in [-0.2, 0) is 17.9 Å². The zero-order chi connectivity index (χ0) is 22.3. The Balaban J connectivity index is 1.29. The number of ether oxygens (including phenoxy) is 1. The maximum Gasteiger partial charge on any atom is 0.230 e. The second-order valence-corrected chi connectivity index (χ2v) is 8.06. The number of aromatic nitrogens is 5. The molecule has 0 aliphatic rings. The number of hydrogen-bond donors (Lipinski definition) is 1. The van der Waals surface area contributed by atoms with Gasteiger partial charge in [-0.2, -0.15) is 5.10 Å². The van der Waals surface area contributed by atoms with Gasteiger partial charge in [-0.3, -0.25) is 4.79 Å². The van der Waals surface area contributed by atoms with Crippen LogP contribution in [0.4, 0.5) is 0 Å². The normalized spacial score (nSPS) is 10.8. The Hall–Kier alpha value is -3.59. The summed E-state index contributed by atoms with van der Waals surface area (Å²) in [7, 11) is 1.64. The number of carbonyl (C=O) groups is 1. The Kier molecular flexibility index (Phi) is 6.86. The van der Waals surface area contributed by atoms with E-state index in [9.17, 15) is 4.79 Å². The SMILES string of the molecule is COc1ccc(-n2ccc(CNC(=O)CSc3nnc(C)n3Cc3ccccc3)n2)cc1. The van der Waals surface area contributed by atoms with Crippen molar-refractivity contribution >= 4 is 17.7 Å². The lowest BCUT2D eigenvalue weighted by molar-refractivity contribution is -0.118. The molecule has 2 aromatic carbocycles. The minimum atomic E-state index is -0.0825. The smallest absolute Gasteiger partial charge is 0.230 e. The van der Waals surface area contributed by atoms with Crippen LogP contribution in [0.2, 0.25) is 0 Å². The molecule has 0 saturated heterocycles. The Bertz CT molecular complexity index is 1170. The van der Waals surface area contributed by atoms with Crippen molar-refractivity contribution in [2.24, 2.45) is 0 Å². The number of nitrogens with zero attached hydrogens (tertiary/aromatic N) is 5. The first-order chi connectivity index (χ1) is 15.6. The van der Waals surface area contributed by atoms with Crippen molar-refractivity contribution < 1.29 is 9.53 Å². The summed E-state index contributed by atoms with van der Waals surface area (Å²) >= 11 is 1.38. The molecular weight excluding hydrogens is 424 g/mol. The third kappa shape index (κ3) is 5.36. The molecule has 0 saturated carbocycles. The van der Waals surface area contributed by atoms with Crippen LogP contribution in [-0.4, -0.2) is 43.3 Å². The molecule has 2 heterocycles. The molecule has 0 unspecified atom stereocenters. The van der Waals surface area contributed by atoms with Crippen LogP contribution in [0, 0.1) is 6.92 Å². The highest BCUT2D eigenvalue weighted by Crippen LogP contribution is 2.18. The maximum atomic E-state index is 12.4. The third-order valence-corrected chi connectivity index (χ3v) is 5.83. The quantitative estimate of drug-likeness (QED) is 0.396. The Morgan fingerprint density at radius 3 is 2.59 bits per heavy atom. The van der Waals surface area contributed by atoms with Crippen LogP contribution in [0.15, 0.2) is 72.0 Å². The van der Waals surface area contributed by atoms with E-state index in [1.165, 1.54) is 11.8 Å². The fourth-order valence-corrected chi connectivity index (χ4v) is 3.93. The fraction of sp³-hybridized carbons (Fsp3) is 0.217. The number of benzene rings is 2. The van der Waals surface area contributed by atoms with Gasteiger partial charge in [-0.15, -0.1) is 10.2 Å². The summed E-state index contributed by atoms with van der Waals surface area (Å²) in [6.07, 6.45) is 1.87. The van der Waals surface area contributed by atoms with E-state index >= 15 is 0 Å².